The number of nitrogens with one attached hydrogen (secondary N) is 1. The summed E-state index contributed by atoms with van der Waals surface area (Å²) in [7, 11) is 0. The van der Waals surface area contributed by atoms with E-state index >= 15 is 0 Å². The molecular weight excluding hydrogens is 282 g/mol. The number of ether oxygens (including phenoxy) is 2. The lowest BCUT2D eigenvalue weighted by atomic mass is 10.2. The van der Waals surface area contributed by atoms with Crippen LogP contribution in [0.1, 0.15) is 36.1 Å². The van der Waals surface area contributed by atoms with Crippen LogP contribution in [0.15, 0.2) is 24.3 Å². The number of anilines is 1. The molecule has 2 aromatic rings. The second kappa shape index (κ2) is 5.71. The van der Waals surface area contributed by atoms with Crippen molar-refractivity contribution in [2.45, 2.75) is 26.8 Å². The van der Waals surface area contributed by atoms with Crippen LogP contribution in [0.3, 0.4) is 0 Å². The summed E-state index contributed by atoms with van der Waals surface area (Å²) in [5.41, 5.74) is 2.02. The van der Waals surface area contributed by atoms with Crippen molar-refractivity contribution < 1.29 is 14.3 Å². The van der Waals surface area contributed by atoms with E-state index in [1.165, 1.54) is 0 Å². The van der Waals surface area contributed by atoms with E-state index in [1.807, 2.05) is 25.5 Å². The van der Waals surface area contributed by atoms with Gasteiger partial charge in [-0.1, -0.05) is 0 Å². The van der Waals surface area contributed by atoms with Crippen molar-refractivity contribution in [3.05, 3.63) is 35.7 Å². The molecule has 0 aliphatic carbocycles. The number of benzene rings is 1. The van der Waals surface area contributed by atoms with Gasteiger partial charge in [-0.2, -0.15) is 5.10 Å². The first-order valence-corrected chi connectivity index (χ1v) is 7.32. The van der Waals surface area contributed by atoms with Crippen LogP contribution in [0.4, 0.5) is 5.69 Å². The molecule has 6 heteroatoms. The Morgan fingerprint density at radius 1 is 1.23 bits per heavy atom. The third kappa shape index (κ3) is 2.77. The summed E-state index contributed by atoms with van der Waals surface area (Å²) in [6.45, 7) is 7.06. The fraction of sp³-hybridized carbons (Fsp3) is 0.375. The highest BCUT2D eigenvalue weighted by Gasteiger charge is 2.16. The maximum absolute atomic E-state index is 12.3. The van der Waals surface area contributed by atoms with E-state index in [0.29, 0.717) is 36.1 Å². The van der Waals surface area contributed by atoms with Gasteiger partial charge in [0.25, 0.3) is 5.91 Å². The van der Waals surface area contributed by atoms with Crippen LogP contribution in [-0.2, 0) is 0 Å². The van der Waals surface area contributed by atoms with Crippen molar-refractivity contribution in [3.8, 4) is 11.5 Å². The number of rotatable bonds is 3. The summed E-state index contributed by atoms with van der Waals surface area (Å²) in [5.74, 6) is 1.11. The number of hydrogen-bond acceptors (Lipinski definition) is 4. The Morgan fingerprint density at radius 2 is 1.95 bits per heavy atom. The summed E-state index contributed by atoms with van der Waals surface area (Å²) >= 11 is 0. The number of carbonyl (C=O) groups is 1. The average Bonchev–Trinajstić information content (AvgIpc) is 2.89. The number of hydrogen-bond donors (Lipinski definition) is 1. The standard InChI is InChI=1S/C16H19N3O3/c1-10(2)19-11(3)8-13(18-19)16(20)17-12-4-5-14-15(9-12)22-7-6-21-14/h4-5,8-10H,6-7H2,1-3H3,(H,17,20). The monoisotopic (exact) mass is 301 g/mol. The molecule has 3 rings (SSSR count). The molecule has 0 fully saturated rings. The number of aromatic nitrogens is 2. The molecule has 0 unspecified atom stereocenters. The van der Waals surface area contributed by atoms with E-state index in [4.69, 9.17) is 9.47 Å². The van der Waals surface area contributed by atoms with Gasteiger partial charge in [-0.25, -0.2) is 0 Å². The fourth-order valence-electron chi connectivity index (χ4n) is 2.44. The van der Waals surface area contributed by atoms with Gasteiger partial charge in [0.2, 0.25) is 0 Å². The Hall–Kier alpha value is -2.50. The summed E-state index contributed by atoms with van der Waals surface area (Å²) in [4.78, 5) is 12.3. The van der Waals surface area contributed by atoms with Crippen molar-refractivity contribution in [2.24, 2.45) is 0 Å². The molecule has 116 valence electrons. The third-order valence-corrected chi connectivity index (χ3v) is 3.44. The predicted octanol–water partition coefficient (Wildman–Crippen LogP) is 2.80. The van der Waals surface area contributed by atoms with Gasteiger partial charge in [0, 0.05) is 23.5 Å². The lowest BCUT2D eigenvalue weighted by molar-refractivity contribution is 0.102. The fourth-order valence-corrected chi connectivity index (χ4v) is 2.44. The van der Waals surface area contributed by atoms with Crippen molar-refractivity contribution >= 4 is 11.6 Å². The van der Waals surface area contributed by atoms with Crippen LogP contribution >= 0.6 is 0 Å². The van der Waals surface area contributed by atoms with E-state index < -0.39 is 0 Å². The van der Waals surface area contributed by atoms with Crippen LogP contribution in [0.25, 0.3) is 0 Å². The Labute approximate surface area is 129 Å². The minimum absolute atomic E-state index is 0.218. The van der Waals surface area contributed by atoms with Crippen LogP contribution in [-0.4, -0.2) is 28.9 Å². The number of carbonyl (C=O) groups excluding carboxylic acids is 1. The molecule has 22 heavy (non-hydrogen) atoms. The molecule has 6 nitrogen and oxygen atoms in total. The third-order valence-electron chi connectivity index (χ3n) is 3.44. The molecule has 1 N–H and O–H groups in total. The zero-order chi connectivity index (χ0) is 15.7. The molecule has 0 saturated carbocycles. The molecular formula is C16H19N3O3. The highest BCUT2D eigenvalue weighted by atomic mass is 16.6. The Bertz CT molecular complexity index is 707. The number of fused-ring (bicyclic) bond motifs is 1. The second-order valence-corrected chi connectivity index (χ2v) is 5.52. The molecule has 0 spiro atoms. The maximum atomic E-state index is 12.3. The van der Waals surface area contributed by atoms with Gasteiger partial charge >= 0.3 is 0 Å². The summed E-state index contributed by atoms with van der Waals surface area (Å²) in [5, 5.41) is 7.18. The smallest absolute Gasteiger partial charge is 0.276 e. The summed E-state index contributed by atoms with van der Waals surface area (Å²) in [6.07, 6.45) is 0. The number of aryl methyl sites for hydroxylation is 1. The van der Waals surface area contributed by atoms with E-state index in [1.54, 1.807) is 24.3 Å². The van der Waals surface area contributed by atoms with Crippen LogP contribution in [0, 0.1) is 6.92 Å². The molecule has 1 aliphatic rings. The van der Waals surface area contributed by atoms with E-state index in [0.717, 1.165) is 5.69 Å². The Balaban J connectivity index is 1.78. The van der Waals surface area contributed by atoms with E-state index in [2.05, 4.69) is 10.4 Å². The van der Waals surface area contributed by atoms with Gasteiger partial charge in [0.15, 0.2) is 17.2 Å². The SMILES string of the molecule is Cc1cc(C(=O)Nc2ccc3c(c2)OCCO3)nn1C(C)C. The first-order valence-electron chi connectivity index (χ1n) is 7.32. The lowest BCUT2D eigenvalue weighted by Crippen LogP contribution is -2.17. The predicted molar refractivity (Wildman–Crippen MR) is 82.7 cm³/mol. The van der Waals surface area contributed by atoms with Crippen molar-refractivity contribution in [1.29, 1.82) is 0 Å². The van der Waals surface area contributed by atoms with Crippen LogP contribution in [0.2, 0.25) is 0 Å². The zero-order valence-electron chi connectivity index (χ0n) is 12.9. The van der Waals surface area contributed by atoms with E-state index in [-0.39, 0.29) is 11.9 Å². The van der Waals surface area contributed by atoms with Crippen molar-refractivity contribution in [3.63, 3.8) is 0 Å². The lowest BCUT2D eigenvalue weighted by Gasteiger charge is -2.18. The van der Waals surface area contributed by atoms with Gasteiger partial charge in [-0.05, 0) is 39.0 Å². The van der Waals surface area contributed by atoms with E-state index in [9.17, 15) is 4.79 Å². The first-order chi connectivity index (χ1) is 10.5. The highest BCUT2D eigenvalue weighted by molar-refractivity contribution is 6.03. The first kappa shape index (κ1) is 14.4. The topological polar surface area (TPSA) is 65.4 Å². The zero-order valence-corrected chi connectivity index (χ0v) is 12.9. The molecule has 1 amide bonds. The van der Waals surface area contributed by atoms with Gasteiger partial charge < -0.3 is 14.8 Å². The molecule has 1 aromatic heterocycles. The minimum atomic E-state index is -0.237. The summed E-state index contributed by atoms with van der Waals surface area (Å²) < 4.78 is 12.8. The Kier molecular flexibility index (Phi) is 3.75. The quantitative estimate of drug-likeness (QED) is 0.946. The molecule has 0 bridgehead atoms. The van der Waals surface area contributed by atoms with Crippen LogP contribution < -0.4 is 14.8 Å². The molecule has 1 aliphatic heterocycles. The van der Waals surface area contributed by atoms with Gasteiger partial charge in [-0.15, -0.1) is 0 Å². The largest absolute Gasteiger partial charge is 0.486 e. The number of nitrogens with zero attached hydrogens (tertiary/aromatic N) is 2. The Morgan fingerprint density at radius 3 is 2.64 bits per heavy atom. The van der Waals surface area contributed by atoms with Gasteiger partial charge in [0.1, 0.15) is 13.2 Å². The average molecular weight is 301 g/mol. The summed E-state index contributed by atoms with van der Waals surface area (Å²) in [6, 6.07) is 7.35. The van der Waals surface area contributed by atoms with Gasteiger partial charge in [0.05, 0.1) is 0 Å². The van der Waals surface area contributed by atoms with Gasteiger partial charge in [-0.3, -0.25) is 9.48 Å². The van der Waals surface area contributed by atoms with Crippen molar-refractivity contribution in [1.82, 2.24) is 9.78 Å². The number of amides is 1. The van der Waals surface area contributed by atoms with Crippen molar-refractivity contribution in [2.75, 3.05) is 18.5 Å². The molecule has 2 heterocycles. The molecule has 0 atom stereocenters. The van der Waals surface area contributed by atoms with Crippen LogP contribution in [0.5, 0.6) is 11.5 Å². The molecule has 0 saturated heterocycles. The normalized spacial score (nSPS) is 13.3. The highest BCUT2D eigenvalue weighted by Crippen LogP contribution is 2.32. The molecule has 0 radical (unpaired) electrons. The second-order valence-electron chi connectivity index (χ2n) is 5.52. The minimum Gasteiger partial charge on any atom is -0.486 e. The molecule has 1 aromatic carbocycles. The maximum Gasteiger partial charge on any atom is 0.276 e.